The predicted octanol–water partition coefficient (Wildman–Crippen LogP) is 4.57. The number of fused-ring (bicyclic) bond motifs is 1. The molecule has 2 amide bonds. The summed E-state index contributed by atoms with van der Waals surface area (Å²) >= 11 is 0. The first kappa shape index (κ1) is 25.7. The number of carbonyl (C=O) groups is 2. The van der Waals surface area contributed by atoms with Crippen molar-refractivity contribution in [2.45, 2.75) is 65.3 Å². The number of hydrogen-bond donors (Lipinski definition) is 1. The lowest BCUT2D eigenvalue weighted by Crippen LogP contribution is -2.38. The van der Waals surface area contributed by atoms with Crippen LogP contribution in [0.4, 0.5) is 0 Å². The molecule has 1 aliphatic heterocycles. The number of nitrogens with zero attached hydrogens (tertiary/aromatic N) is 3. The zero-order chi connectivity index (χ0) is 25.3. The Morgan fingerprint density at radius 1 is 1.00 bits per heavy atom. The van der Waals surface area contributed by atoms with Gasteiger partial charge < -0.3 is 19.5 Å². The highest BCUT2D eigenvalue weighted by molar-refractivity contribution is 5.81. The van der Waals surface area contributed by atoms with Gasteiger partial charge in [0, 0.05) is 26.1 Å². The van der Waals surface area contributed by atoms with E-state index in [2.05, 4.69) is 9.88 Å². The minimum Gasteiger partial charge on any atom is -0.483 e. The molecule has 4 rings (SSSR count). The van der Waals surface area contributed by atoms with Crippen molar-refractivity contribution in [2.24, 2.45) is 0 Å². The Morgan fingerprint density at radius 2 is 1.81 bits per heavy atom. The van der Waals surface area contributed by atoms with Crippen LogP contribution in [-0.2, 0) is 22.6 Å². The number of likely N-dealkylation sites (tertiary alicyclic amines) is 1. The van der Waals surface area contributed by atoms with Crippen molar-refractivity contribution >= 4 is 22.8 Å². The summed E-state index contributed by atoms with van der Waals surface area (Å²) in [5.74, 6) is 1.80. The summed E-state index contributed by atoms with van der Waals surface area (Å²) in [5, 5.41) is 2.95. The van der Waals surface area contributed by atoms with Gasteiger partial charge in [-0.15, -0.1) is 0 Å². The van der Waals surface area contributed by atoms with Crippen molar-refractivity contribution in [3.8, 4) is 5.75 Å². The molecule has 7 heteroatoms. The average molecular weight is 491 g/mol. The number of piperidine rings is 1. The molecule has 7 nitrogen and oxygen atoms in total. The molecule has 192 valence electrons. The van der Waals surface area contributed by atoms with Gasteiger partial charge in [-0.1, -0.05) is 30.7 Å². The smallest absolute Gasteiger partial charge is 0.257 e. The van der Waals surface area contributed by atoms with Crippen LogP contribution in [0.25, 0.3) is 11.0 Å². The van der Waals surface area contributed by atoms with Crippen LogP contribution >= 0.6 is 0 Å². The second-order valence-electron chi connectivity index (χ2n) is 9.76. The number of ether oxygens (including phenoxy) is 1. The van der Waals surface area contributed by atoms with Gasteiger partial charge in [0.1, 0.15) is 18.1 Å². The maximum atomic E-state index is 12.9. The molecule has 1 aromatic heterocycles. The van der Waals surface area contributed by atoms with Crippen LogP contribution < -0.4 is 10.1 Å². The molecule has 0 bridgehead atoms. The molecule has 3 aromatic rings. The maximum Gasteiger partial charge on any atom is 0.257 e. The van der Waals surface area contributed by atoms with E-state index in [0.29, 0.717) is 13.1 Å². The van der Waals surface area contributed by atoms with Crippen molar-refractivity contribution in [1.82, 2.24) is 19.8 Å². The van der Waals surface area contributed by atoms with Gasteiger partial charge in [0.05, 0.1) is 11.0 Å². The Kier molecular flexibility index (Phi) is 8.98. The van der Waals surface area contributed by atoms with E-state index in [4.69, 9.17) is 9.72 Å². The summed E-state index contributed by atoms with van der Waals surface area (Å²) in [6.07, 6.45) is 7.03. The Hall–Kier alpha value is -3.35. The highest BCUT2D eigenvalue weighted by atomic mass is 16.5. The summed E-state index contributed by atoms with van der Waals surface area (Å²) in [5.41, 5.74) is 4.10. The molecule has 0 saturated carbocycles. The third-order valence-electron chi connectivity index (χ3n) is 6.84. The van der Waals surface area contributed by atoms with E-state index in [1.807, 2.05) is 61.2 Å². The zero-order valence-corrected chi connectivity index (χ0v) is 21.6. The van der Waals surface area contributed by atoms with E-state index in [1.54, 1.807) is 0 Å². The molecule has 0 atom stereocenters. The predicted molar refractivity (Wildman–Crippen MR) is 142 cm³/mol. The third-order valence-corrected chi connectivity index (χ3v) is 6.84. The number of imidazole rings is 1. The normalized spacial score (nSPS) is 13.7. The Morgan fingerprint density at radius 3 is 2.64 bits per heavy atom. The molecule has 36 heavy (non-hydrogen) atoms. The van der Waals surface area contributed by atoms with Crippen LogP contribution in [0.2, 0.25) is 0 Å². The fourth-order valence-electron chi connectivity index (χ4n) is 4.74. The number of aryl methyl sites for hydroxylation is 3. The SMILES string of the molecule is Cc1ccc(C)c(OCC(=O)NCCCCCc2nc3ccccc3n2CC(=O)N2CCCCC2)c1. The fraction of sp³-hybridized carbons (Fsp3) is 0.483. The van der Waals surface area contributed by atoms with Crippen LogP contribution in [0.1, 0.15) is 55.5 Å². The second-order valence-corrected chi connectivity index (χ2v) is 9.76. The van der Waals surface area contributed by atoms with E-state index < -0.39 is 0 Å². The van der Waals surface area contributed by atoms with E-state index in [1.165, 1.54) is 6.42 Å². The molecule has 1 aliphatic rings. The number of hydrogen-bond acceptors (Lipinski definition) is 4. The molecule has 0 radical (unpaired) electrons. The molecule has 1 saturated heterocycles. The summed E-state index contributed by atoms with van der Waals surface area (Å²) in [6.45, 7) is 6.72. The van der Waals surface area contributed by atoms with Crippen LogP contribution in [0.5, 0.6) is 5.75 Å². The Balaban J connectivity index is 1.22. The lowest BCUT2D eigenvalue weighted by Gasteiger charge is -2.27. The van der Waals surface area contributed by atoms with Gasteiger partial charge >= 0.3 is 0 Å². The summed E-state index contributed by atoms with van der Waals surface area (Å²) in [4.78, 5) is 31.9. The molecular formula is C29H38N4O3. The number of nitrogens with one attached hydrogen (secondary N) is 1. The van der Waals surface area contributed by atoms with Gasteiger partial charge in [0.25, 0.3) is 5.91 Å². The van der Waals surface area contributed by atoms with Crippen LogP contribution in [-0.4, -0.2) is 52.5 Å². The number of rotatable bonds is 11. The van der Waals surface area contributed by atoms with Gasteiger partial charge in [-0.05, 0) is 75.3 Å². The standard InChI is InChI=1S/C29H38N4O3/c1-22-14-15-23(2)26(19-22)36-21-28(34)30-16-8-3-5-13-27-31-24-11-6-7-12-25(24)33(27)20-29(35)32-17-9-4-10-18-32/h6-7,11-12,14-15,19H,3-5,8-10,13,16-18,20-21H2,1-2H3,(H,30,34). The van der Waals surface area contributed by atoms with Crippen LogP contribution in [0.3, 0.4) is 0 Å². The van der Waals surface area contributed by atoms with Crippen molar-refractivity contribution < 1.29 is 14.3 Å². The molecule has 0 aliphatic carbocycles. The summed E-state index contributed by atoms with van der Waals surface area (Å²) in [7, 11) is 0. The van der Waals surface area contributed by atoms with Crippen LogP contribution in [0.15, 0.2) is 42.5 Å². The number of amides is 2. The fourth-order valence-corrected chi connectivity index (χ4v) is 4.74. The van der Waals surface area contributed by atoms with Crippen molar-refractivity contribution in [3.05, 3.63) is 59.4 Å². The highest BCUT2D eigenvalue weighted by Crippen LogP contribution is 2.20. The minimum absolute atomic E-state index is 0.0271. The van der Waals surface area contributed by atoms with E-state index >= 15 is 0 Å². The van der Waals surface area contributed by atoms with E-state index in [-0.39, 0.29) is 18.4 Å². The number of para-hydroxylation sites is 2. The summed E-state index contributed by atoms with van der Waals surface area (Å²) in [6, 6.07) is 14.0. The summed E-state index contributed by atoms with van der Waals surface area (Å²) < 4.78 is 7.77. The number of benzene rings is 2. The van der Waals surface area contributed by atoms with Gasteiger partial charge in [-0.3, -0.25) is 9.59 Å². The lowest BCUT2D eigenvalue weighted by molar-refractivity contribution is -0.132. The number of unbranched alkanes of at least 4 members (excludes halogenated alkanes) is 2. The number of aromatic nitrogens is 2. The second kappa shape index (κ2) is 12.6. The van der Waals surface area contributed by atoms with E-state index in [0.717, 1.165) is 85.3 Å². The minimum atomic E-state index is -0.103. The largest absolute Gasteiger partial charge is 0.483 e. The highest BCUT2D eigenvalue weighted by Gasteiger charge is 2.19. The van der Waals surface area contributed by atoms with Gasteiger partial charge in [-0.25, -0.2) is 4.98 Å². The molecule has 1 N–H and O–H groups in total. The molecular weight excluding hydrogens is 452 g/mol. The van der Waals surface area contributed by atoms with Crippen molar-refractivity contribution in [1.29, 1.82) is 0 Å². The first-order valence-corrected chi connectivity index (χ1v) is 13.2. The molecule has 2 heterocycles. The monoisotopic (exact) mass is 490 g/mol. The first-order valence-electron chi connectivity index (χ1n) is 13.2. The van der Waals surface area contributed by atoms with Gasteiger partial charge in [0.15, 0.2) is 6.61 Å². The average Bonchev–Trinajstić information content (AvgIpc) is 3.24. The molecule has 0 spiro atoms. The van der Waals surface area contributed by atoms with Gasteiger partial charge in [0.2, 0.25) is 5.91 Å². The first-order chi connectivity index (χ1) is 17.5. The maximum absolute atomic E-state index is 12.9. The van der Waals surface area contributed by atoms with Crippen molar-refractivity contribution in [2.75, 3.05) is 26.2 Å². The Labute approximate surface area is 213 Å². The van der Waals surface area contributed by atoms with E-state index in [9.17, 15) is 9.59 Å². The van der Waals surface area contributed by atoms with Gasteiger partial charge in [-0.2, -0.15) is 0 Å². The topological polar surface area (TPSA) is 76.5 Å². The number of carbonyl (C=O) groups excluding carboxylic acids is 2. The lowest BCUT2D eigenvalue weighted by atomic mass is 10.1. The van der Waals surface area contributed by atoms with Crippen LogP contribution in [0, 0.1) is 13.8 Å². The molecule has 0 unspecified atom stereocenters. The molecule has 2 aromatic carbocycles. The molecule has 1 fully saturated rings. The van der Waals surface area contributed by atoms with Crippen molar-refractivity contribution in [3.63, 3.8) is 0 Å². The Bertz CT molecular complexity index is 1180. The zero-order valence-electron chi connectivity index (χ0n) is 21.6. The quantitative estimate of drug-likeness (QED) is 0.400. The third kappa shape index (κ3) is 6.86.